The Morgan fingerprint density at radius 1 is 0.465 bits per heavy atom. The third-order valence-electron chi connectivity index (χ3n) is 9.89. The van der Waals surface area contributed by atoms with Gasteiger partial charge in [-0.3, -0.25) is 0 Å². The fourth-order valence-corrected chi connectivity index (χ4v) is 8.10. The zero-order valence-electron chi connectivity index (χ0n) is 26.6. The summed E-state index contributed by atoms with van der Waals surface area (Å²) in [7, 11) is 0. The molecule has 0 fully saturated rings. The molecule has 0 radical (unpaired) electrons. The summed E-state index contributed by atoms with van der Waals surface area (Å²) in [5.41, 5.74) is 8.07. The molecule has 212 valence electrons. The maximum Gasteiger partial charge on any atom is 0.0613 e. The molecule has 0 unspecified atom stereocenters. The quantitative estimate of drug-likeness (QED) is 0.140. The molecule has 8 aromatic rings. The van der Waals surface area contributed by atoms with Crippen LogP contribution in [0.4, 0.5) is 0 Å². The van der Waals surface area contributed by atoms with Gasteiger partial charge in [-0.2, -0.15) is 0 Å². The molecular formula is C42H39N. The highest BCUT2D eigenvalue weighted by molar-refractivity contribution is 6.29. The molecule has 0 aliphatic carbocycles. The van der Waals surface area contributed by atoms with E-state index in [1.165, 1.54) is 92.8 Å². The van der Waals surface area contributed by atoms with Crippen LogP contribution in [-0.4, -0.2) is 4.57 Å². The van der Waals surface area contributed by atoms with Gasteiger partial charge in [-0.1, -0.05) is 114 Å². The smallest absolute Gasteiger partial charge is 0.0613 e. The van der Waals surface area contributed by atoms with Crippen LogP contribution in [0.15, 0.2) is 91.0 Å². The van der Waals surface area contributed by atoms with Crippen molar-refractivity contribution >= 4 is 64.8 Å². The molecule has 0 aliphatic rings. The van der Waals surface area contributed by atoms with E-state index in [2.05, 4.69) is 151 Å². The van der Waals surface area contributed by atoms with Crippen LogP contribution in [0.3, 0.4) is 0 Å². The van der Waals surface area contributed by atoms with Gasteiger partial charge in [-0.15, -0.1) is 0 Å². The second-order valence-electron chi connectivity index (χ2n) is 14.7. The number of aromatic nitrogens is 1. The topological polar surface area (TPSA) is 4.93 Å². The van der Waals surface area contributed by atoms with Gasteiger partial charge in [0, 0.05) is 22.2 Å². The van der Waals surface area contributed by atoms with Gasteiger partial charge in [0.25, 0.3) is 0 Å². The maximum atomic E-state index is 2.54. The Balaban J connectivity index is 1.55. The van der Waals surface area contributed by atoms with E-state index in [0.717, 1.165) is 0 Å². The first-order valence-electron chi connectivity index (χ1n) is 15.6. The minimum Gasteiger partial charge on any atom is -0.313 e. The highest BCUT2D eigenvalue weighted by Gasteiger charge is 2.28. The number of rotatable bonds is 1. The first kappa shape index (κ1) is 26.3. The van der Waals surface area contributed by atoms with E-state index in [9.17, 15) is 0 Å². The molecule has 8 rings (SSSR count). The lowest BCUT2D eigenvalue weighted by molar-refractivity contribution is 0.593. The molecule has 0 amide bonds. The molecule has 0 saturated heterocycles. The van der Waals surface area contributed by atoms with E-state index < -0.39 is 0 Å². The molecule has 0 saturated carbocycles. The van der Waals surface area contributed by atoms with Crippen molar-refractivity contribution in [1.29, 1.82) is 0 Å². The van der Waals surface area contributed by atoms with Gasteiger partial charge >= 0.3 is 0 Å². The number of fused-ring (bicyclic) bond motifs is 4. The van der Waals surface area contributed by atoms with Crippen LogP contribution < -0.4 is 0 Å². The number of aryl methyl sites for hydroxylation is 1. The fourth-order valence-electron chi connectivity index (χ4n) is 8.10. The Morgan fingerprint density at radius 2 is 1.02 bits per heavy atom. The Labute approximate surface area is 254 Å². The number of hydrogen-bond donors (Lipinski definition) is 0. The van der Waals surface area contributed by atoms with Crippen molar-refractivity contribution in [3.05, 3.63) is 113 Å². The lowest BCUT2D eigenvalue weighted by Gasteiger charge is -2.30. The van der Waals surface area contributed by atoms with E-state index in [1.54, 1.807) is 0 Å². The highest BCUT2D eigenvalue weighted by Crippen LogP contribution is 2.46. The summed E-state index contributed by atoms with van der Waals surface area (Å²) in [6.07, 6.45) is 0. The molecule has 1 heterocycles. The standard InChI is InChI=1S/C42H39N/c1-24-25(2)43(40-33-20-18-27-13-11-12-26-16-17-28(22-34(24)40)37(33)36(26)27)29-19-21-32-35(23-29)39(42(6,7)8)31-15-10-9-14-30(31)38(32)41(3,4)5/h9-23H,1-8H3. The lowest BCUT2D eigenvalue weighted by atomic mass is 9.74. The van der Waals surface area contributed by atoms with Crippen LogP contribution in [0.1, 0.15) is 63.9 Å². The molecule has 0 spiro atoms. The van der Waals surface area contributed by atoms with Gasteiger partial charge in [0.05, 0.1) is 5.52 Å². The van der Waals surface area contributed by atoms with Gasteiger partial charge < -0.3 is 4.57 Å². The summed E-state index contributed by atoms with van der Waals surface area (Å²) >= 11 is 0. The second-order valence-corrected chi connectivity index (χ2v) is 14.7. The average molecular weight is 558 g/mol. The van der Waals surface area contributed by atoms with E-state index in [0.29, 0.717) is 0 Å². The molecule has 0 bridgehead atoms. The Bertz CT molecular complexity index is 2400. The van der Waals surface area contributed by atoms with Crippen LogP contribution in [0, 0.1) is 13.8 Å². The Hall–Kier alpha value is -4.36. The summed E-state index contributed by atoms with van der Waals surface area (Å²) < 4.78 is 2.54. The maximum absolute atomic E-state index is 2.54. The summed E-state index contributed by atoms with van der Waals surface area (Å²) in [5, 5.41) is 14.8. The Morgan fingerprint density at radius 3 is 1.67 bits per heavy atom. The SMILES string of the molecule is Cc1c(C)n(-c2ccc3c(C(C)(C)C)c4ccccc4c(C(C)(C)C)c3c2)c2c1cc1ccc3cccc4ccc2c1c34. The largest absolute Gasteiger partial charge is 0.313 e. The van der Waals surface area contributed by atoms with Crippen molar-refractivity contribution in [2.24, 2.45) is 0 Å². The predicted octanol–water partition coefficient (Wildman–Crippen LogP) is 12.0. The zero-order valence-corrected chi connectivity index (χ0v) is 26.6. The van der Waals surface area contributed by atoms with Gasteiger partial charge in [0.2, 0.25) is 0 Å². The minimum absolute atomic E-state index is 0.00901. The zero-order chi connectivity index (χ0) is 30.0. The molecule has 43 heavy (non-hydrogen) atoms. The van der Waals surface area contributed by atoms with Crippen molar-refractivity contribution in [2.45, 2.75) is 66.2 Å². The molecule has 0 aliphatic heterocycles. The fraction of sp³-hybridized carbons (Fsp3) is 0.238. The summed E-state index contributed by atoms with van der Waals surface area (Å²) in [6, 6.07) is 34.7. The van der Waals surface area contributed by atoms with Crippen molar-refractivity contribution < 1.29 is 0 Å². The van der Waals surface area contributed by atoms with Gasteiger partial charge in [-0.25, -0.2) is 0 Å². The number of hydrogen-bond acceptors (Lipinski definition) is 0. The van der Waals surface area contributed by atoms with E-state index in [4.69, 9.17) is 0 Å². The van der Waals surface area contributed by atoms with Crippen LogP contribution >= 0.6 is 0 Å². The predicted molar refractivity (Wildman–Crippen MR) is 189 cm³/mol. The minimum atomic E-state index is -0.0170. The van der Waals surface area contributed by atoms with Crippen LogP contribution in [-0.2, 0) is 10.8 Å². The monoisotopic (exact) mass is 557 g/mol. The van der Waals surface area contributed by atoms with Gasteiger partial charge in [0.15, 0.2) is 0 Å². The summed E-state index contributed by atoms with van der Waals surface area (Å²) in [4.78, 5) is 0. The summed E-state index contributed by atoms with van der Waals surface area (Å²) in [6.45, 7) is 18.7. The number of benzene rings is 7. The molecule has 1 nitrogen and oxygen atoms in total. The highest BCUT2D eigenvalue weighted by atomic mass is 15.0. The van der Waals surface area contributed by atoms with E-state index >= 15 is 0 Å². The first-order valence-corrected chi connectivity index (χ1v) is 15.6. The number of nitrogens with zero attached hydrogens (tertiary/aromatic N) is 1. The third kappa shape index (κ3) is 3.58. The van der Waals surface area contributed by atoms with E-state index in [-0.39, 0.29) is 10.8 Å². The van der Waals surface area contributed by atoms with Crippen molar-refractivity contribution in [2.75, 3.05) is 0 Å². The van der Waals surface area contributed by atoms with E-state index in [1.807, 2.05) is 0 Å². The van der Waals surface area contributed by atoms with Crippen molar-refractivity contribution in [3.63, 3.8) is 0 Å². The van der Waals surface area contributed by atoms with Gasteiger partial charge in [0.1, 0.15) is 0 Å². The molecule has 1 heteroatoms. The summed E-state index contributed by atoms with van der Waals surface area (Å²) in [5.74, 6) is 0. The Kier molecular flexibility index (Phi) is 5.26. The van der Waals surface area contributed by atoms with Crippen LogP contribution in [0.25, 0.3) is 70.5 Å². The molecule has 0 N–H and O–H groups in total. The van der Waals surface area contributed by atoms with Crippen LogP contribution in [0.5, 0.6) is 0 Å². The normalized spacial score (nSPS) is 13.1. The van der Waals surface area contributed by atoms with Crippen molar-refractivity contribution in [1.82, 2.24) is 4.57 Å². The third-order valence-corrected chi connectivity index (χ3v) is 9.89. The molecular weight excluding hydrogens is 518 g/mol. The average Bonchev–Trinajstić information content (AvgIpc) is 3.22. The van der Waals surface area contributed by atoms with Crippen molar-refractivity contribution in [3.8, 4) is 5.69 Å². The van der Waals surface area contributed by atoms with Gasteiger partial charge in [-0.05, 0) is 108 Å². The molecule has 0 atom stereocenters. The molecule has 1 aromatic heterocycles. The second kappa shape index (κ2) is 8.60. The van der Waals surface area contributed by atoms with Crippen LogP contribution in [0.2, 0.25) is 0 Å². The molecule has 7 aromatic carbocycles. The first-order chi connectivity index (χ1) is 20.4. The lowest BCUT2D eigenvalue weighted by Crippen LogP contribution is -2.17.